The fourth-order valence-electron chi connectivity index (χ4n) is 2.76. The lowest BCUT2D eigenvalue weighted by Gasteiger charge is -2.42. The van der Waals surface area contributed by atoms with E-state index in [4.69, 9.17) is 0 Å². The third-order valence-corrected chi connectivity index (χ3v) is 3.92. The molecule has 1 N–H and O–H groups in total. The van der Waals surface area contributed by atoms with Crippen molar-refractivity contribution in [2.45, 2.75) is 45.2 Å². The summed E-state index contributed by atoms with van der Waals surface area (Å²) in [6.45, 7) is 10.4. The molecule has 0 amide bonds. The normalized spacial score (nSPS) is 21.7. The summed E-state index contributed by atoms with van der Waals surface area (Å²) in [5.74, 6) is 0. The summed E-state index contributed by atoms with van der Waals surface area (Å²) in [5.41, 5.74) is 1.72. The van der Waals surface area contributed by atoms with E-state index in [9.17, 15) is 0 Å². The van der Waals surface area contributed by atoms with Crippen LogP contribution in [0.5, 0.6) is 0 Å². The van der Waals surface area contributed by atoms with Gasteiger partial charge in [-0.15, -0.1) is 0 Å². The number of rotatable bonds is 4. The van der Waals surface area contributed by atoms with Crippen molar-refractivity contribution in [3.05, 3.63) is 35.9 Å². The van der Waals surface area contributed by atoms with Gasteiger partial charge in [0.25, 0.3) is 0 Å². The third kappa shape index (κ3) is 3.82. The maximum absolute atomic E-state index is 3.58. The number of benzene rings is 1. The number of hydrogen-bond acceptors (Lipinski definition) is 2. The molecule has 1 aromatic rings. The van der Waals surface area contributed by atoms with Crippen LogP contribution in [0, 0.1) is 0 Å². The van der Waals surface area contributed by atoms with E-state index in [0.717, 1.165) is 13.1 Å². The van der Waals surface area contributed by atoms with Gasteiger partial charge in [0.15, 0.2) is 0 Å². The Morgan fingerprint density at radius 2 is 2.00 bits per heavy atom. The molecule has 1 aromatic carbocycles. The molecular formula is C16H26N2. The topological polar surface area (TPSA) is 15.3 Å². The molecule has 1 aliphatic heterocycles. The van der Waals surface area contributed by atoms with Gasteiger partial charge in [0.05, 0.1) is 0 Å². The van der Waals surface area contributed by atoms with Gasteiger partial charge < -0.3 is 5.32 Å². The minimum atomic E-state index is 0.263. The van der Waals surface area contributed by atoms with Gasteiger partial charge >= 0.3 is 0 Å². The van der Waals surface area contributed by atoms with Crippen LogP contribution in [0.1, 0.15) is 32.8 Å². The first-order chi connectivity index (χ1) is 8.57. The minimum absolute atomic E-state index is 0.263. The number of nitrogens with one attached hydrogen (secondary N) is 1. The number of nitrogens with zero attached hydrogens (tertiary/aromatic N) is 1. The summed E-state index contributed by atoms with van der Waals surface area (Å²) in [7, 11) is 0. The van der Waals surface area contributed by atoms with Gasteiger partial charge in [0.1, 0.15) is 0 Å². The zero-order valence-corrected chi connectivity index (χ0v) is 11.9. The molecule has 1 fully saturated rings. The van der Waals surface area contributed by atoms with Crippen molar-refractivity contribution in [1.29, 1.82) is 0 Å². The lowest BCUT2D eigenvalue weighted by Crippen LogP contribution is -2.58. The first-order valence-electron chi connectivity index (χ1n) is 7.10. The van der Waals surface area contributed by atoms with Crippen LogP contribution in [-0.2, 0) is 6.42 Å². The molecule has 0 spiro atoms. The highest BCUT2D eigenvalue weighted by Crippen LogP contribution is 2.16. The van der Waals surface area contributed by atoms with Crippen molar-refractivity contribution >= 4 is 0 Å². The first kappa shape index (κ1) is 13.6. The second-order valence-electron chi connectivity index (χ2n) is 6.15. The number of piperazine rings is 1. The van der Waals surface area contributed by atoms with Gasteiger partial charge in [-0.1, -0.05) is 30.3 Å². The van der Waals surface area contributed by atoms with Crippen LogP contribution in [0.25, 0.3) is 0 Å². The van der Waals surface area contributed by atoms with Crippen LogP contribution in [0.15, 0.2) is 30.3 Å². The van der Waals surface area contributed by atoms with Gasteiger partial charge in [0, 0.05) is 31.2 Å². The highest BCUT2D eigenvalue weighted by Gasteiger charge is 2.27. The Morgan fingerprint density at radius 3 is 2.67 bits per heavy atom. The third-order valence-electron chi connectivity index (χ3n) is 3.92. The lowest BCUT2D eigenvalue weighted by molar-refractivity contribution is 0.112. The van der Waals surface area contributed by atoms with E-state index >= 15 is 0 Å². The largest absolute Gasteiger partial charge is 0.309 e. The van der Waals surface area contributed by atoms with Crippen molar-refractivity contribution in [1.82, 2.24) is 10.2 Å². The smallest absolute Gasteiger partial charge is 0.0252 e. The van der Waals surface area contributed by atoms with Crippen molar-refractivity contribution in [2.75, 3.05) is 19.6 Å². The average molecular weight is 246 g/mol. The molecule has 18 heavy (non-hydrogen) atoms. The van der Waals surface area contributed by atoms with Crippen LogP contribution < -0.4 is 5.32 Å². The molecule has 0 bridgehead atoms. The van der Waals surface area contributed by atoms with Gasteiger partial charge in [-0.3, -0.25) is 4.90 Å². The van der Waals surface area contributed by atoms with Crippen LogP contribution >= 0.6 is 0 Å². The molecule has 0 aliphatic carbocycles. The van der Waals surface area contributed by atoms with E-state index in [1.807, 2.05) is 0 Å². The minimum Gasteiger partial charge on any atom is -0.309 e. The van der Waals surface area contributed by atoms with Crippen LogP contribution in [0.3, 0.4) is 0 Å². The summed E-state index contributed by atoms with van der Waals surface area (Å²) < 4.78 is 0. The van der Waals surface area contributed by atoms with Crippen molar-refractivity contribution in [3.8, 4) is 0 Å². The zero-order valence-electron chi connectivity index (χ0n) is 11.9. The molecule has 1 atom stereocenters. The SMILES string of the molecule is CC(CCc1ccccc1)N1CCNC(C)(C)C1. The molecule has 1 aliphatic rings. The van der Waals surface area contributed by atoms with E-state index in [1.54, 1.807) is 0 Å². The Bertz CT molecular complexity index is 359. The van der Waals surface area contributed by atoms with Crippen molar-refractivity contribution in [2.24, 2.45) is 0 Å². The Morgan fingerprint density at radius 1 is 1.28 bits per heavy atom. The monoisotopic (exact) mass is 246 g/mol. The molecule has 1 unspecified atom stereocenters. The predicted octanol–water partition coefficient (Wildman–Crippen LogP) is 2.69. The second kappa shape index (κ2) is 5.85. The maximum Gasteiger partial charge on any atom is 0.0252 e. The van der Waals surface area contributed by atoms with Crippen molar-refractivity contribution in [3.63, 3.8) is 0 Å². The van der Waals surface area contributed by atoms with Gasteiger partial charge in [-0.25, -0.2) is 0 Å². The second-order valence-corrected chi connectivity index (χ2v) is 6.15. The Hall–Kier alpha value is -0.860. The molecule has 2 rings (SSSR count). The molecule has 0 saturated carbocycles. The van der Waals surface area contributed by atoms with Crippen LogP contribution in [0.2, 0.25) is 0 Å². The highest BCUT2D eigenvalue weighted by molar-refractivity contribution is 5.14. The number of aryl methyl sites for hydroxylation is 1. The summed E-state index contributed by atoms with van der Waals surface area (Å²) in [5, 5.41) is 3.58. The van der Waals surface area contributed by atoms with Crippen LogP contribution in [-0.4, -0.2) is 36.1 Å². The zero-order chi connectivity index (χ0) is 13.0. The van der Waals surface area contributed by atoms with Crippen LogP contribution in [0.4, 0.5) is 0 Å². The maximum atomic E-state index is 3.58. The fraction of sp³-hybridized carbons (Fsp3) is 0.625. The quantitative estimate of drug-likeness (QED) is 0.878. The van der Waals surface area contributed by atoms with Gasteiger partial charge in [-0.05, 0) is 39.2 Å². The predicted molar refractivity (Wildman–Crippen MR) is 77.9 cm³/mol. The Balaban J connectivity index is 1.83. The average Bonchev–Trinajstić information content (AvgIpc) is 2.36. The molecule has 2 nitrogen and oxygen atoms in total. The lowest BCUT2D eigenvalue weighted by atomic mass is 9.98. The fourth-order valence-corrected chi connectivity index (χ4v) is 2.76. The molecular weight excluding hydrogens is 220 g/mol. The summed E-state index contributed by atoms with van der Waals surface area (Å²) in [6.07, 6.45) is 2.44. The van der Waals surface area contributed by atoms with E-state index in [-0.39, 0.29) is 5.54 Å². The molecule has 1 heterocycles. The molecule has 0 radical (unpaired) electrons. The first-order valence-corrected chi connectivity index (χ1v) is 7.10. The molecule has 100 valence electrons. The Kier molecular flexibility index (Phi) is 4.41. The highest BCUT2D eigenvalue weighted by atomic mass is 15.2. The molecule has 2 heteroatoms. The molecule has 1 saturated heterocycles. The van der Waals surface area contributed by atoms with E-state index in [1.165, 1.54) is 24.9 Å². The summed E-state index contributed by atoms with van der Waals surface area (Å²) in [6, 6.07) is 11.5. The summed E-state index contributed by atoms with van der Waals surface area (Å²) in [4.78, 5) is 2.62. The summed E-state index contributed by atoms with van der Waals surface area (Å²) >= 11 is 0. The standard InChI is InChI=1S/C16H26N2/c1-14(9-10-15-7-5-4-6-8-15)18-12-11-17-16(2,3)13-18/h4-8,14,17H,9-13H2,1-3H3. The van der Waals surface area contributed by atoms with E-state index < -0.39 is 0 Å². The van der Waals surface area contributed by atoms with E-state index in [0.29, 0.717) is 6.04 Å². The van der Waals surface area contributed by atoms with Crippen molar-refractivity contribution < 1.29 is 0 Å². The Labute approximate surface area is 111 Å². The number of hydrogen-bond donors (Lipinski definition) is 1. The van der Waals surface area contributed by atoms with E-state index in [2.05, 4.69) is 61.3 Å². The van der Waals surface area contributed by atoms with Gasteiger partial charge in [-0.2, -0.15) is 0 Å². The molecule has 0 aromatic heterocycles. The van der Waals surface area contributed by atoms with Gasteiger partial charge in [0.2, 0.25) is 0 Å².